The number of ether oxygens (including phenoxy) is 3. The molecule has 3 fully saturated rings. The van der Waals surface area contributed by atoms with Gasteiger partial charge in [0.15, 0.2) is 5.41 Å². The second kappa shape index (κ2) is 7.20. The highest BCUT2D eigenvalue weighted by molar-refractivity contribution is 9.10. The molecule has 7 nitrogen and oxygen atoms in total. The molecule has 5 unspecified atom stereocenters. The predicted molar refractivity (Wildman–Crippen MR) is 118 cm³/mol. The molecule has 0 radical (unpaired) electrons. The van der Waals surface area contributed by atoms with Gasteiger partial charge in [0.05, 0.1) is 35.7 Å². The van der Waals surface area contributed by atoms with Crippen LogP contribution in [0, 0.1) is 67.5 Å². The zero-order chi connectivity index (χ0) is 23.5. The monoisotopic (exact) mass is 496 g/mol. The molecule has 2 bridgehead atoms. The van der Waals surface area contributed by atoms with Gasteiger partial charge in [0.25, 0.3) is 0 Å². The van der Waals surface area contributed by atoms with Crippen molar-refractivity contribution in [2.75, 3.05) is 7.11 Å². The molecule has 166 valence electrons. The van der Waals surface area contributed by atoms with Crippen LogP contribution < -0.4 is 4.74 Å². The van der Waals surface area contributed by atoms with Crippen LogP contribution in [-0.2, 0) is 9.47 Å². The zero-order valence-electron chi connectivity index (χ0n) is 18.5. The summed E-state index contributed by atoms with van der Waals surface area (Å²) in [5.41, 5.74) is -3.15. The maximum absolute atomic E-state index is 10.5. The van der Waals surface area contributed by atoms with E-state index in [2.05, 4.69) is 54.9 Å². The summed E-state index contributed by atoms with van der Waals surface area (Å²) in [6, 6.07) is 11.7. The largest absolute Gasteiger partial charge is 0.496 e. The van der Waals surface area contributed by atoms with Crippen LogP contribution in [0.3, 0.4) is 0 Å². The van der Waals surface area contributed by atoms with Crippen molar-refractivity contribution in [3.8, 4) is 24.0 Å². The van der Waals surface area contributed by atoms with Crippen LogP contribution in [0.15, 0.2) is 22.7 Å². The van der Waals surface area contributed by atoms with Gasteiger partial charge in [0.2, 0.25) is 17.1 Å². The number of nitrogens with one attached hydrogen (secondary N) is 1. The van der Waals surface area contributed by atoms with Gasteiger partial charge in [0.1, 0.15) is 11.9 Å². The Kier molecular flexibility index (Phi) is 5.09. The van der Waals surface area contributed by atoms with Crippen LogP contribution >= 0.6 is 15.9 Å². The number of nitriles is 3. The van der Waals surface area contributed by atoms with Crippen molar-refractivity contribution in [1.29, 1.82) is 21.2 Å². The Labute approximate surface area is 196 Å². The van der Waals surface area contributed by atoms with Crippen molar-refractivity contribution in [2.45, 2.75) is 51.9 Å². The molecule has 2 saturated heterocycles. The maximum Gasteiger partial charge on any atom is 0.217 e. The average molecular weight is 497 g/mol. The number of nitrogens with zero attached hydrogens (tertiary/aromatic N) is 3. The highest BCUT2D eigenvalue weighted by Crippen LogP contribution is 2.70. The van der Waals surface area contributed by atoms with E-state index in [9.17, 15) is 15.8 Å². The lowest BCUT2D eigenvalue weighted by atomic mass is 9.49. The van der Waals surface area contributed by atoms with Gasteiger partial charge in [-0.3, -0.25) is 5.41 Å². The van der Waals surface area contributed by atoms with Gasteiger partial charge in [-0.05, 0) is 57.8 Å². The van der Waals surface area contributed by atoms with Crippen molar-refractivity contribution in [1.82, 2.24) is 0 Å². The Hall–Kier alpha value is -2.60. The Balaban J connectivity index is 1.93. The van der Waals surface area contributed by atoms with Gasteiger partial charge in [-0.1, -0.05) is 26.8 Å². The van der Waals surface area contributed by atoms with Crippen molar-refractivity contribution in [3.05, 3.63) is 28.2 Å². The molecule has 2 heterocycles. The lowest BCUT2D eigenvalue weighted by Crippen LogP contribution is -2.61. The smallest absolute Gasteiger partial charge is 0.217 e. The summed E-state index contributed by atoms with van der Waals surface area (Å²) >= 11 is 3.46. The molecule has 1 aliphatic carbocycles. The minimum absolute atomic E-state index is 0.0282. The quantitative estimate of drug-likeness (QED) is 0.596. The average Bonchev–Trinajstić information content (AvgIpc) is 2.96. The number of hydrogen-bond donors (Lipinski definition) is 1. The fraction of sp³-hybridized carbons (Fsp3) is 0.583. The lowest BCUT2D eigenvalue weighted by Gasteiger charge is -2.54. The molecule has 1 aromatic rings. The molecular weight excluding hydrogens is 472 g/mol. The van der Waals surface area contributed by atoms with Crippen molar-refractivity contribution < 1.29 is 14.2 Å². The fourth-order valence-electron chi connectivity index (χ4n) is 5.77. The number of methoxy groups -OCH3 is 1. The van der Waals surface area contributed by atoms with E-state index in [0.717, 1.165) is 6.42 Å². The summed E-state index contributed by atoms with van der Waals surface area (Å²) in [6.45, 7) is 6.43. The Bertz CT molecular complexity index is 1090. The highest BCUT2D eigenvalue weighted by atomic mass is 79.9. The van der Waals surface area contributed by atoms with E-state index in [-0.39, 0.29) is 17.2 Å². The lowest BCUT2D eigenvalue weighted by molar-refractivity contribution is -0.301. The molecule has 3 aliphatic rings. The predicted octanol–water partition coefficient (Wildman–Crippen LogP) is 5.24. The normalized spacial score (nSPS) is 34.9. The summed E-state index contributed by atoms with van der Waals surface area (Å²) in [4.78, 5) is 0. The van der Waals surface area contributed by atoms with Crippen LogP contribution in [0.25, 0.3) is 0 Å². The number of halogens is 1. The van der Waals surface area contributed by atoms with Crippen LogP contribution in [0.1, 0.15) is 51.7 Å². The van der Waals surface area contributed by atoms with Crippen LogP contribution in [0.5, 0.6) is 5.75 Å². The minimum atomic E-state index is -1.95. The first kappa shape index (κ1) is 22.6. The third-order valence-electron chi connectivity index (χ3n) is 7.61. The maximum atomic E-state index is 10.5. The molecule has 2 aliphatic heterocycles. The number of hydrogen-bond acceptors (Lipinski definition) is 7. The van der Waals surface area contributed by atoms with Gasteiger partial charge < -0.3 is 14.2 Å². The van der Waals surface area contributed by atoms with Crippen molar-refractivity contribution in [3.63, 3.8) is 0 Å². The molecule has 0 aromatic heterocycles. The minimum Gasteiger partial charge on any atom is -0.496 e. The van der Waals surface area contributed by atoms with Crippen LogP contribution in [0.2, 0.25) is 0 Å². The second-order valence-corrected chi connectivity index (χ2v) is 10.8. The van der Waals surface area contributed by atoms with Crippen molar-refractivity contribution in [2.24, 2.45) is 28.1 Å². The number of benzene rings is 1. The van der Waals surface area contributed by atoms with Gasteiger partial charge in [-0.25, -0.2) is 0 Å². The second-order valence-electron chi connectivity index (χ2n) is 9.98. The fourth-order valence-corrected chi connectivity index (χ4v) is 6.33. The first-order valence-corrected chi connectivity index (χ1v) is 11.4. The highest BCUT2D eigenvalue weighted by Gasteiger charge is 2.81. The molecular formula is C24H25BrN4O3. The zero-order valence-corrected chi connectivity index (χ0v) is 20.1. The molecule has 5 atom stereocenters. The van der Waals surface area contributed by atoms with E-state index < -0.39 is 28.6 Å². The molecule has 1 aromatic carbocycles. The Morgan fingerprint density at radius 2 is 1.88 bits per heavy atom. The standard InChI is InChI=1S/C24H25BrN4O3/c1-21(2,3)15-7-8-24-18(10-15)23(13-28,20(29)32-24)22(11-26,12-27)19(31-24)14-5-6-17(30-4)16(25)9-14/h5-6,9,15,18-19,29H,7-8,10H2,1-4H3. The van der Waals surface area contributed by atoms with E-state index in [1.807, 2.05) is 0 Å². The molecule has 1 saturated carbocycles. The Morgan fingerprint density at radius 1 is 1.19 bits per heavy atom. The molecule has 4 rings (SSSR count). The van der Waals surface area contributed by atoms with Gasteiger partial charge in [0, 0.05) is 6.42 Å². The van der Waals surface area contributed by atoms with E-state index in [4.69, 9.17) is 19.6 Å². The SMILES string of the molecule is COc1ccc(C2OC34CCC(C(C)(C)C)CC3C(C#N)(C(=N)O4)C2(C#N)C#N)cc1Br. The van der Waals surface area contributed by atoms with Crippen molar-refractivity contribution >= 4 is 21.8 Å². The number of rotatable bonds is 2. The molecule has 32 heavy (non-hydrogen) atoms. The van der Waals surface area contributed by atoms with Gasteiger partial charge in [-0.2, -0.15) is 15.8 Å². The third kappa shape index (κ3) is 2.68. The van der Waals surface area contributed by atoms with E-state index in [1.165, 1.54) is 0 Å². The summed E-state index contributed by atoms with van der Waals surface area (Å²) in [5.74, 6) is -1.29. The first-order chi connectivity index (χ1) is 15.0. The van der Waals surface area contributed by atoms with E-state index in [1.54, 1.807) is 25.3 Å². The topological polar surface area (TPSA) is 123 Å². The molecule has 8 heteroatoms. The Morgan fingerprint density at radius 3 is 2.41 bits per heavy atom. The summed E-state index contributed by atoms with van der Waals surface area (Å²) < 4.78 is 18.5. The third-order valence-corrected chi connectivity index (χ3v) is 8.23. The summed E-state index contributed by atoms with van der Waals surface area (Å²) in [5, 5.41) is 40.0. The van der Waals surface area contributed by atoms with E-state index >= 15 is 0 Å². The van der Waals surface area contributed by atoms with Crippen LogP contribution in [-0.4, -0.2) is 18.8 Å². The molecule has 0 spiro atoms. The summed E-state index contributed by atoms with van der Waals surface area (Å²) in [7, 11) is 1.54. The first-order valence-electron chi connectivity index (χ1n) is 10.6. The summed E-state index contributed by atoms with van der Waals surface area (Å²) in [6.07, 6.45) is 0.778. The molecule has 0 amide bonds. The van der Waals surface area contributed by atoms with Crippen LogP contribution in [0.4, 0.5) is 0 Å². The van der Waals surface area contributed by atoms with Gasteiger partial charge in [-0.15, -0.1) is 0 Å². The van der Waals surface area contributed by atoms with Gasteiger partial charge >= 0.3 is 0 Å². The van der Waals surface area contributed by atoms with E-state index in [0.29, 0.717) is 28.6 Å². The molecule has 1 N–H and O–H groups in total.